The fourth-order valence-electron chi connectivity index (χ4n) is 1.91. The number of nitrogens with zero attached hydrogens (tertiary/aromatic N) is 1. The predicted molar refractivity (Wildman–Crippen MR) is 83.6 cm³/mol. The minimum Gasteiger partial charge on any atom is -0.409 e. The Morgan fingerprint density at radius 3 is 2.48 bits per heavy atom. The number of nitrogens with two attached hydrogens (primary N) is 1. The summed E-state index contributed by atoms with van der Waals surface area (Å²) in [6.07, 6.45) is 0. The summed E-state index contributed by atoms with van der Waals surface area (Å²) in [4.78, 5) is 0. The lowest BCUT2D eigenvalue weighted by molar-refractivity contribution is 0.318. The van der Waals surface area contributed by atoms with E-state index >= 15 is 0 Å². The van der Waals surface area contributed by atoms with Crippen LogP contribution < -0.4 is 11.1 Å². The highest BCUT2D eigenvalue weighted by Gasteiger charge is 2.05. The van der Waals surface area contributed by atoms with E-state index < -0.39 is 5.82 Å². The van der Waals surface area contributed by atoms with Crippen molar-refractivity contribution in [2.24, 2.45) is 10.9 Å². The highest BCUT2D eigenvalue weighted by atomic mass is 79.9. The fourth-order valence-corrected chi connectivity index (χ4v) is 2.18. The van der Waals surface area contributed by atoms with E-state index in [-0.39, 0.29) is 5.84 Å². The normalized spacial score (nSPS) is 11.6. The Bertz CT molecular complexity index is 644. The minimum atomic E-state index is -0.417. The summed E-state index contributed by atoms with van der Waals surface area (Å²) in [7, 11) is 0. The Labute approximate surface area is 130 Å². The molecule has 0 unspecified atom stereocenters. The predicted octanol–water partition coefficient (Wildman–Crippen LogP) is 2.97. The Hall–Kier alpha value is -1.92. The molecule has 0 radical (unpaired) electrons. The van der Waals surface area contributed by atoms with Gasteiger partial charge in [-0.2, -0.15) is 0 Å². The van der Waals surface area contributed by atoms with E-state index in [9.17, 15) is 4.39 Å². The van der Waals surface area contributed by atoms with E-state index in [4.69, 9.17) is 10.9 Å². The van der Waals surface area contributed by atoms with E-state index in [1.807, 2.05) is 24.3 Å². The molecule has 0 amide bonds. The number of halogens is 2. The molecular formula is C15H15BrFN3O. The first kappa shape index (κ1) is 15.5. The number of amidine groups is 1. The van der Waals surface area contributed by atoms with E-state index in [0.717, 1.165) is 15.6 Å². The van der Waals surface area contributed by atoms with Crippen molar-refractivity contribution < 1.29 is 9.60 Å². The average molecular weight is 352 g/mol. The van der Waals surface area contributed by atoms with Crippen molar-refractivity contribution in [3.63, 3.8) is 0 Å². The van der Waals surface area contributed by atoms with Gasteiger partial charge in [-0.25, -0.2) is 4.39 Å². The number of hydrogen-bond donors (Lipinski definition) is 3. The van der Waals surface area contributed by atoms with Gasteiger partial charge in [-0.15, -0.1) is 0 Å². The highest BCUT2D eigenvalue weighted by Crippen LogP contribution is 2.12. The quantitative estimate of drug-likeness (QED) is 0.335. The van der Waals surface area contributed by atoms with Crippen LogP contribution in [-0.2, 0) is 13.1 Å². The van der Waals surface area contributed by atoms with Gasteiger partial charge in [-0.1, -0.05) is 33.2 Å². The van der Waals surface area contributed by atoms with Crippen LogP contribution >= 0.6 is 15.9 Å². The first-order valence-corrected chi connectivity index (χ1v) is 7.10. The second kappa shape index (κ2) is 7.19. The molecule has 0 aliphatic carbocycles. The molecule has 2 aromatic rings. The second-order valence-electron chi connectivity index (χ2n) is 4.56. The van der Waals surface area contributed by atoms with Crippen LogP contribution in [0.4, 0.5) is 4.39 Å². The summed E-state index contributed by atoms with van der Waals surface area (Å²) < 4.78 is 14.5. The first-order valence-electron chi connectivity index (χ1n) is 6.31. The van der Waals surface area contributed by atoms with E-state index in [2.05, 4.69) is 26.4 Å². The lowest BCUT2D eigenvalue weighted by Crippen LogP contribution is -2.16. The molecule has 0 saturated carbocycles. The maximum Gasteiger partial charge on any atom is 0.170 e. The van der Waals surface area contributed by atoms with Gasteiger partial charge >= 0.3 is 0 Å². The SMILES string of the molecule is N/C(=N/O)c1cc(F)cc(CNCc2ccc(Br)cc2)c1. The van der Waals surface area contributed by atoms with Crippen molar-refractivity contribution in [3.8, 4) is 0 Å². The molecule has 0 aliphatic heterocycles. The summed E-state index contributed by atoms with van der Waals surface area (Å²) in [5, 5.41) is 14.7. The third kappa shape index (κ3) is 4.54. The van der Waals surface area contributed by atoms with Crippen molar-refractivity contribution in [2.75, 3.05) is 0 Å². The third-order valence-corrected chi connectivity index (χ3v) is 3.46. The number of oxime groups is 1. The maximum atomic E-state index is 13.5. The number of benzene rings is 2. The standard InChI is InChI=1S/C15H15BrFN3O/c16-13-3-1-10(2-4-13)8-19-9-11-5-12(15(18)20-21)7-14(17)6-11/h1-7,19,21H,8-9H2,(H2,18,20). The Kier molecular flexibility index (Phi) is 5.30. The van der Waals surface area contributed by atoms with E-state index in [1.165, 1.54) is 12.1 Å². The van der Waals surface area contributed by atoms with Gasteiger partial charge in [0.05, 0.1) is 0 Å². The molecule has 0 aromatic heterocycles. The Balaban J connectivity index is 2.00. The number of rotatable bonds is 5. The van der Waals surface area contributed by atoms with Gasteiger partial charge in [-0.05, 0) is 41.5 Å². The molecule has 0 aliphatic rings. The van der Waals surface area contributed by atoms with Gasteiger partial charge in [0.15, 0.2) is 5.84 Å². The van der Waals surface area contributed by atoms with Crippen LogP contribution in [-0.4, -0.2) is 11.0 Å². The summed E-state index contributed by atoms with van der Waals surface area (Å²) in [6, 6.07) is 12.3. The molecule has 4 nitrogen and oxygen atoms in total. The first-order chi connectivity index (χ1) is 10.1. The second-order valence-corrected chi connectivity index (χ2v) is 5.48. The molecule has 110 valence electrons. The zero-order valence-electron chi connectivity index (χ0n) is 11.2. The van der Waals surface area contributed by atoms with Crippen LogP contribution in [0.2, 0.25) is 0 Å². The van der Waals surface area contributed by atoms with Crippen molar-refractivity contribution in [1.29, 1.82) is 0 Å². The van der Waals surface area contributed by atoms with Crippen LogP contribution in [0.15, 0.2) is 52.1 Å². The van der Waals surface area contributed by atoms with Gasteiger partial charge in [-0.3, -0.25) is 0 Å². The smallest absolute Gasteiger partial charge is 0.170 e. The molecule has 4 N–H and O–H groups in total. The Morgan fingerprint density at radius 1 is 1.14 bits per heavy atom. The summed E-state index contributed by atoms with van der Waals surface area (Å²) >= 11 is 3.38. The van der Waals surface area contributed by atoms with Crippen molar-refractivity contribution >= 4 is 21.8 Å². The largest absolute Gasteiger partial charge is 0.409 e. The molecule has 21 heavy (non-hydrogen) atoms. The van der Waals surface area contributed by atoms with Crippen LogP contribution in [0.5, 0.6) is 0 Å². The molecule has 0 bridgehead atoms. The Morgan fingerprint density at radius 2 is 1.81 bits per heavy atom. The van der Waals surface area contributed by atoms with Crippen LogP contribution in [0.25, 0.3) is 0 Å². The molecule has 2 rings (SSSR count). The van der Waals surface area contributed by atoms with Crippen molar-refractivity contribution in [2.45, 2.75) is 13.1 Å². The van der Waals surface area contributed by atoms with Crippen LogP contribution in [0.1, 0.15) is 16.7 Å². The monoisotopic (exact) mass is 351 g/mol. The van der Waals surface area contributed by atoms with Gasteiger partial charge in [0.1, 0.15) is 5.82 Å². The lowest BCUT2D eigenvalue weighted by Gasteiger charge is -2.07. The summed E-state index contributed by atoms with van der Waals surface area (Å²) in [6.45, 7) is 1.15. The third-order valence-electron chi connectivity index (χ3n) is 2.93. The van der Waals surface area contributed by atoms with E-state index in [0.29, 0.717) is 18.7 Å². The van der Waals surface area contributed by atoms with Crippen molar-refractivity contribution in [1.82, 2.24) is 5.32 Å². The summed E-state index contributed by atoms with van der Waals surface area (Å²) in [5.41, 5.74) is 7.69. The highest BCUT2D eigenvalue weighted by molar-refractivity contribution is 9.10. The summed E-state index contributed by atoms with van der Waals surface area (Å²) in [5.74, 6) is -0.525. The lowest BCUT2D eigenvalue weighted by atomic mass is 10.1. The van der Waals surface area contributed by atoms with E-state index in [1.54, 1.807) is 6.07 Å². The van der Waals surface area contributed by atoms with Crippen LogP contribution in [0, 0.1) is 5.82 Å². The van der Waals surface area contributed by atoms with Crippen LogP contribution in [0.3, 0.4) is 0 Å². The van der Waals surface area contributed by atoms with Gasteiger partial charge in [0.25, 0.3) is 0 Å². The minimum absolute atomic E-state index is 0.108. The molecule has 6 heteroatoms. The van der Waals surface area contributed by atoms with Crippen molar-refractivity contribution in [3.05, 3.63) is 69.4 Å². The van der Waals surface area contributed by atoms with Gasteiger partial charge in [0.2, 0.25) is 0 Å². The fraction of sp³-hybridized carbons (Fsp3) is 0.133. The zero-order valence-corrected chi connectivity index (χ0v) is 12.8. The molecule has 2 aromatic carbocycles. The molecule has 0 saturated heterocycles. The molecule has 0 heterocycles. The number of nitrogens with one attached hydrogen (secondary N) is 1. The maximum absolute atomic E-state index is 13.5. The molecule has 0 spiro atoms. The van der Waals surface area contributed by atoms with Gasteiger partial charge < -0.3 is 16.3 Å². The zero-order chi connectivity index (χ0) is 15.2. The number of hydrogen-bond acceptors (Lipinski definition) is 3. The molecule has 0 fully saturated rings. The topological polar surface area (TPSA) is 70.6 Å². The van der Waals surface area contributed by atoms with Gasteiger partial charge in [0, 0.05) is 23.1 Å². The average Bonchev–Trinajstić information content (AvgIpc) is 2.48. The molecular weight excluding hydrogens is 337 g/mol. The molecule has 0 atom stereocenters.